The van der Waals surface area contributed by atoms with Crippen LogP contribution in [0.3, 0.4) is 0 Å². The SMILES string of the molecule is COc1ccccc1NC(=O)C1=C(C)NC2=CCCC(=O)C2C1c1cc(OC)c(OC)c(OC)c1. The molecular formula is C27H30N2O6. The number of amides is 1. The van der Waals surface area contributed by atoms with E-state index in [1.807, 2.05) is 25.1 Å². The molecule has 1 amide bonds. The Labute approximate surface area is 204 Å². The highest BCUT2D eigenvalue weighted by Gasteiger charge is 2.43. The number of fused-ring (bicyclic) bond motifs is 1. The van der Waals surface area contributed by atoms with Crippen LogP contribution in [-0.2, 0) is 9.59 Å². The summed E-state index contributed by atoms with van der Waals surface area (Å²) in [6.45, 7) is 1.85. The van der Waals surface area contributed by atoms with Gasteiger partial charge in [-0.2, -0.15) is 0 Å². The summed E-state index contributed by atoms with van der Waals surface area (Å²) < 4.78 is 22.0. The van der Waals surface area contributed by atoms with Crippen molar-refractivity contribution in [2.75, 3.05) is 33.8 Å². The van der Waals surface area contributed by atoms with Crippen LogP contribution in [0.2, 0.25) is 0 Å². The quantitative estimate of drug-likeness (QED) is 0.616. The highest BCUT2D eigenvalue weighted by atomic mass is 16.5. The number of benzene rings is 2. The normalized spacial score (nSPS) is 19.2. The number of carbonyl (C=O) groups is 2. The summed E-state index contributed by atoms with van der Waals surface area (Å²) in [4.78, 5) is 27.0. The second-order valence-corrected chi connectivity index (χ2v) is 8.40. The number of hydrogen-bond donors (Lipinski definition) is 2. The predicted molar refractivity (Wildman–Crippen MR) is 132 cm³/mol. The van der Waals surface area contributed by atoms with Crippen molar-refractivity contribution >= 4 is 17.4 Å². The van der Waals surface area contributed by atoms with E-state index in [4.69, 9.17) is 18.9 Å². The summed E-state index contributed by atoms with van der Waals surface area (Å²) in [6, 6.07) is 10.8. The molecule has 2 aromatic carbocycles. The number of ether oxygens (including phenoxy) is 4. The zero-order valence-electron chi connectivity index (χ0n) is 20.6. The van der Waals surface area contributed by atoms with E-state index < -0.39 is 11.8 Å². The lowest BCUT2D eigenvalue weighted by atomic mass is 9.70. The lowest BCUT2D eigenvalue weighted by Crippen LogP contribution is -2.41. The average Bonchev–Trinajstić information content (AvgIpc) is 2.87. The predicted octanol–water partition coefficient (Wildman–Crippen LogP) is 4.18. The summed E-state index contributed by atoms with van der Waals surface area (Å²) in [5.41, 5.74) is 3.21. The molecule has 1 aliphatic carbocycles. The maximum absolute atomic E-state index is 13.8. The van der Waals surface area contributed by atoms with Gasteiger partial charge in [-0.1, -0.05) is 18.2 Å². The highest BCUT2D eigenvalue weighted by Crippen LogP contribution is 2.48. The molecule has 2 aromatic rings. The van der Waals surface area contributed by atoms with Crippen molar-refractivity contribution in [1.82, 2.24) is 5.32 Å². The molecule has 1 heterocycles. The molecule has 0 radical (unpaired) electrons. The van der Waals surface area contributed by atoms with Gasteiger partial charge in [0.25, 0.3) is 5.91 Å². The molecule has 4 rings (SSSR count). The number of anilines is 1. The number of rotatable bonds is 7. The van der Waals surface area contributed by atoms with Gasteiger partial charge in [0.15, 0.2) is 11.5 Å². The first kappa shape index (κ1) is 24.2. The molecule has 1 aliphatic heterocycles. The number of hydrogen-bond acceptors (Lipinski definition) is 7. The molecule has 2 unspecified atom stereocenters. The lowest BCUT2D eigenvalue weighted by Gasteiger charge is -2.38. The molecule has 8 heteroatoms. The lowest BCUT2D eigenvalue weighted by molar-refractivity contribution is -0.122. The molecule has 184 valence electrons. The summed E-state index contributed by atoms with van der Waals surface area (Å²) in [5.74, 6) is 0.556. The fourth-order valence-corrected chi connectivity index (χ4v) is 4.89. The molecule has 2 N–H and O–H groups in total. The van der Waals surface area contributed by atoms with E-state index in [9.17, 15) is 9.59 Å². The summed E-state index contributed by atoms with van der Waals surface area (Å²) in [5, 5.41) is 6.29. The Kier molecular flexibility index (Phi) is 7.00. The zero-order valence-corrected chi connectivity index (χ0v) is 20.6. The van der Waals surface area contributed by atoms with Crippen LogP contribution >= 0.6 is 0 Å². The fourth-order valence-electron chi connectivity index (χ4n) is 4.89. The largest absolute Gasteiger partial charge is 0.495 e. The number of ketones is 1. The number of allylic oxidation sites excluding steroid dienone is 3. The Balaban J connectivity index is 1.87. The minimum atomic E-state index is -0.557. The standard InChI is InChI=1S/C27H30N2O6/c1-15-23(27(31)29-17-9-6-7-12-20(17)32-2)24(25-18(28-15)10-8-11-19(25)30)16-13-21(33-3)26(35-5)22(14-16)34-4/h6-7,9-10,12-14,24-25,28H,8,11H2,1-5H3,(H,29,31). The smallest absolute Gasteiger partial charge is 0.254 e. The summed E-state index contributed by atoms with van der Waals surface area (Å²) >= 11 is 0. The molecule has 0 spiro atoms. The van der Waals surface area contributed by atoms with Gasteiger partial charge in [-0.3, -0.25) is 9.59 Å². The third-order valence-electron chi connectivity index (χ3n) is 6.46. The van der Waals surface area contributed by atoms with Gasteiger partial charge in [-0.15, -0.1) is 0 Å². The number of carbonyl (C=O) groups excluding carboxylic acids is 2. The van der Waals surface area contributed by atoms with Crippen LogP contribution < -0.4 is 29.6 Å². The molecule has 0 bridgehead atoms. The van der Waals surface area contributed by atoms with Crippen molar-refractivity contribution in [3.63, 3.8) is 0 Å². The first-order valence-corrected chi connectivity index (χ1v) is 11.4. The molecule has 0 fully saturated rings. The Morgan fingerprint density at radius 2 is 1.60 bits per heavy atom. The van der Waals surface area contributed by atoms with Crippen molar-refractivity contribution in [3.05, 3.63) is 65.0 Å². The van der Waals surface area contributed by atoms with Gasteiger partial charge in [-0.25, -0.2) is 0 Å². The first-order chi connectivity index (χ1) is 16.9. The monoisotopic (exact) mass is 478 g/mol. The van der Waals surface area contributed by atoms with E-state index in [0.717, 1.165) is 11.3 Å². The van der Waals surface area contributed by atoms with Gasteiger partial charge in [-0.05, 0) is 43.2 Å². The van der Waals surface area contributed by atoms with Crippen LogP contribution in [-0.4, -0.2) is 40.1 Å². The fraction of sp³-hybridized carbons (Fsp3) is 0.333. The minimum Gasteiger partial charge on any atom is -0.495 e. The molecule has 2 atom stereocenters. The molecule has 0 aromatic heterocycles. The van der Waals surface area contributed by atoms with Crippen LogP contribution in [0.4, 0.5) is 5.69 Å². The number of para-hydroxylation sites is 2. The average molecular weight is 479 g/mol. The molecule has 2 aliphatic rings. The van der Waals surface area contributed by atoms with E-state index in [1.165, 1.54) is 21.3 Å². The third kappa shape index (κ3) is 4.43. The van der Waals surface area contributed by atoms with Gasteiger partial charge in [0.2, 0.25) is 5.75 Å². The maximum Gasteiger partial charge on any atom is 0.254 e. The van der Waals surface area contributed by atoms with Crippen molar-refractivity contribution < 1.29 is 28.5 Å². The summed E-state index contributed by atoms with van der Waals surface area (Å²) in [6.07, 6.45) is 3.11. The molecular weight excluding hydrogens is 448 g/mol. The van der Waals surface area contributed by atoms with Crippen molar-refractivity contribution in [2.45, 2.75) is 25.7 Å². The Bertz CT molecular complexity index is 1190. The Morgan fingerprint density at radius 1 is 0.943 bits per heavy atom. The number of Topliss-reactive ketones (excluding diaryl/α,β-unsaturated/α-hetero) is 1. The second-order valence-electron chi connectivity index (χ2n) is 8.40. The van der Waals surface area contributed by atoms with Gasteiger partial charge >= 0.3 is 0 Å². The second kappa shape index (κ2) is 10.1. The highest BCUT2D eigenvalue weighted by molar-refractivity contribution is 6.07. The van der Waals surface area contributed by atoms with Gasteiger partial charge in [0.1, 0.15) is 11.5 Å². The van der Waals surface area contributed by atoms with Crippen molar-refractivity contribution in [1.29, 1.82) is 0 Å². The number of methoxy groups -OCH3 is 4. The third-order valence-corrected chi connectivity index (χ3v) is 6.46. The number of nitrogens with one attached hydrogen (secondary N) is 2. The Morgan fingerprint density at radius 3 is 2.23 bits per heavy atom. The molecule has 0 saturated heterocycles. The molecule has 35 heavy (non-hydrogen) atoms. The Hall–Kier alpha value is -3.94. The topological polar surface area (TPSA) is 95.1 Å². The van der Waals surface area contributed by atoms with E-state index in [-0.39, 0.29) is 11.7 Å². The van der Waals surface area contributed by atoms with Gasteiger partial charge in [0.05, 0.1) is 40.0 Å². The van der Waals surface area contributed by atoms with Crippen molar-refractivity contribution in [2.24, 2.45) is 5.92 Å². The summed E-state index contributed by atoms with van der Waals surface area (Å²) in [7, 11) is 6.16. The van der Waals surface area contributed by atoms with Gasteiger partial charge < -0.3 is 29.6 Å². The van der Waals surface area contributed by atoms with Crippen molar-refractivity contribution in [3.8, 4) is 23.0 Å². The van der Waals surface area contributed by atoms with Crippen LogP contribution in [0.1, 0.15) is 31.2 Å². The maximum atomic E-state index is 13.8. The minimum absolute atomic E-state index is 0.0730. The van der Waals surface area contributed by atoms with E-state index in [2.05, 4.69) is 10.6 Å². The zero-order chi connectivity index (χ0) is 25.1. The molecule has 8 nitrogen and oxygen atoms in total. The van der Waals surface area contributed by atoms with Crippen LogP contribution in [0, 0.1) is 5.92 Å². The van der Waals surface area contributed by atoms with Crippen LogP contribution in [0.5, 0.6) is 23.0 Å². The van der Waals surface area contributed by atoms with Crippen LogP contribution in [0.25, 0.3) is 0 Å². The van der Waals surface area contributed by atoms with Crippen LogP contribution in [0.15, 0.2) is 59.4 Å². The van der Waals surface area contributed by atoms with Gasteiger partial charge in [0, 0.05) is 29.3 Å². The van der Waals surface area contributed by atoms with E-state index in [0.29, 0.717) is 52.8 Å². The first-order valence-electron chi connectivity index (χ1n) is 11.4. The van der Waals surface area contributed by atoms with E-state index >= 15 is 0 Å². The molecule has 0 saturated carbocycles. The van der Waals surface area contributed by atoms with E-state index in [1.54, 1.807) is 31.4 Å².